The lowest BCUT2D eigenvalue weighted by atomic mass is 10.1. The van der Waals surface area contributed by atoms with Crippen molar-refractivity contribution >= 4 is 12.0 Å². The van der Waals surface area contributed by atoms with Gasteiger partial charge in [0.1, 0.15) is 12.4 Å². The number of urea groups is 1. The van der Waals surface area contributed by atoms with Gasteiger partial charge in [-0.15, -0.1) is 6.58 Å². The van der Waals surface area contributed by atoms with Crippen LogP contribution in [0.25, 0.3) is 0 Å². The van der Waals surface area contributed by atoms with Crippen LogP contribution in [0.2, 0.25) is 0 Å². The molecule has 0 radical (unpaired) electrons. The third-order valence-electron chi connectivity index (χ3n) is 2.67. The molecule has 1 aromatic rings. The summed E-state index contributed by atoms with van der Waals surface area (Å²) >= 11 is 0. The number of halogens is 1. The Bertz CT molecular complexity index is 505. The maximum absolute atomic E-state index is 13.6. The maximum atomic E-state index is 13.6. The molecule has 1 rings (SSSR count). The predicted molar refractivity (Wildman–Crippen MR) is 72.8 cm³/mol. The minimum absolute atomic E-state index is 0.0993. The minimum Gasteiger partial charge on any atom is -0.480 e. The van der Waals surface area contributed by atoms with Crippen molar-refractivity contribution in [1.82, 2.24) is 10.2 Å². The van der Waals surface area contributed by atoms with Crippen molar-refractivity contribution in [2.24, 2.45) is 0 Å². The highest BCUT2D eigenvalue weighted by Crippen LogP contribution is 2.16. The molecule has 0 aliphatic carbocycles. The van der Waals surface area contributed by atoms with E-state index in [1.54, 1.807) is 25.1 Å². The molecular weight excluding hydrogens is 263 g/mol. The van der Waals surface area contributed by atoms with Crippen molar-refractivity contribution in [2.45, 2.75) is 13.0 Å². The van der Waals surface area contributed by atoms with Gasteiger partial charge < -0.3 is 15.3 Å². The Morgan fingerprint density at radius 1 is 1.50 bits per heavy atom. The van der Waals surface area contributed by atoms with Crippen LogP contribution in [-0.4, -0.2) is 35.1 Å². The SMILES string of the molecule is C=CCN(CC(=O)O)C(=O)NC(C)c1ccccc1F. The molecule has 0 fully saturated rings. The fourth-order valence-electron chi connectivity index (χ4n) is 1.72. The first-order valence-electron chi connectivity index (χ1n) is 6.08. The quantitative estimate of drug-likeness (QED) is 0.785. The average molecular weight is 280 g/mol. The highest BCUT2D eigenvalue weighted by molar-refractivity contribution is 5.80. The second-order valence-electron chi connectivity index (χ2n) is 4.26. The fraction of sp³-hybridized carbons (Fsp3) is 0.286. The number of hydrogen-bond donors (Lipinski definition) is 2. The topological polar surface area (TPSA) is 69.6 Å². The van der Waals surface area contributed by atoms with Crippen molar-refractivity contribution in [3.8, 4) is 0 Å². The van der Waals surface area contributed by atoms with Crippen LogP contribution in [0.5, 0.6) is 0 Å². The molecule has 0 saturated heterocycles. The minimum atomic E-state index is -1.12. The van der Waals surface area contributed by atoms with Gasteiger partial charge in [-0.2, -0.15) is 0 Å². The molecule has 0 aromatic heterocycles. The number of carboxylic acids is 1. The third kappa shape index (κ3) is 4.38. The molecule has 1 unspecified atom stereocenters. The van der Waals surface area contributed by atoms with Gasteiger partial charge in [-0.05, 0) is 13.0 Å². The first-order chi connectivity index (χ1) is 9.45. The molecule has 0 bridgehead atoms. The molecule has 1 aromatic carbocycles. The maximum Gasteiger partial charge on any atom is 0.323 e. The number of nitrogens with one attached hydrogen (secondary N) is 1. The largest absolute Gasteiger partial charge is 0.480 e. The number of nitrogens with zero attached hydrogens (tertiary/aromatic N) is 1. The zero-order valence-electron chi connectivity index (χ0n) is 11.2. The predicted octanol–water partition coefficient (Wildman–Crippen LogP) is 2.17. The molecule has 0 spiro atoms. The Labute approximate surface area is 116 Å². The highest BCUT2D eigenvalue weighted by atomic mass is 19.1. The zero-order chi connectivity index (χ0) is 15.1. The molecule has 6 heteroatoms. The van der Waals surface area contributed by atoms with Crippen LogP contribution in [-0.2, 0) is 4.79 Å². The number of hydrogen-bond acceptors (Lipinski definition) is 2. The second-order valence-corrected chi connectivity index (χ2v) is 4.26. The van der Waals surface area contributed by atoms with Crippen LogP contribution in [0.3, 0.4) is 0 Å². The van der Waals surface area contributed by atoms with Crippen LogP contribution in [0.15, 0.2) is 36.9 Å². The Morgan fingerprint density at radius 2 is 2.15 bits per heavy atom. The zero-order valence-corrected chi connectivity index (χ0v) is 11.2. The standard InChI is InChI=1S/C14H17FN2O3/c1-3-8-17(9-13(18)19)14(20)16-10(2)11-6-4-5-7-12(11)15/h3-7,10H,1,8-9H2,2H3,(H,16,20)(H,18,19). The Hall–Kier alpha value is -2.37. The first-order valence-corrected chi connectivity index (χ1v) is 6.08. The van der Waals surface area contributed by atoms with Crippen molar-refractivity contribution in [2.75, 3.05) is 13.1 Å². The summed E-state index contributed by atoms with van der Waals surface area (Å²) in [6.45, 7) is 4.75. The van der Waals surface area contributed by atoms with E-state index in [2.05, 4.69) is 11.9 Å². The van der Waals surface area contributed by atoms with Gasteiger partial charge in [0.15, 0.2) is 0 Å². The molecule has 1 atom stereocenters. The Kier molecular flexibility index (Phi) is 5.71. The summed E-state index contributed by atoms with van der Waals surface area (Å²) in [5.41, 5.74) is 0.342. The van der Waals surface area contributed by atoms with Gasteiger partial charge in [-0.1, -0.05) is 24.3 Å². The van der Waals surface area contributed by atoms with Crippen LogP contribution in [0, 0.1) is 5.82 Å². The summed E-state index contributed by atoms with van der Waals surface area (Å²) in [6.07, 6.45) is 1.43. The number of carboxylic acid groups (broad SMARTS) is 1. The number of amides is 2. The molecule has 0 heterocycles. The van der Waals surface area contributed by atoms with Gasteiger partial charge in [-0.3, -0.25) is 4.79 Å². The number of carbonyl (C=O) groups excluding carboxylic acids is 1. The smallest absolute Gasteiger partial charge is 0.323 e. The number of rotatable bonds is 6. The van der Waals surface area contributed by atoms with Crippen LogP contribution in [0.1, 0.15) is 18.5 Å². The molecule has 0 aliphatic rings. The van der Waals surface area contributed by atoms with E-state index in [1.807, 2.05) is 0 Å². The van der Waals surface area contributed by atoms with Gasteiger partial charge in [-0.25, -0.2) is 9.18 Å². The van der Waals surface area contributed by atoms with Crippen LogP contribution < -0.4 is 5.32 Å². The monoisotopic (exact) mass is 280 g/mol. The molecule has 0 aliphatic heterocycles. The summed E-state index contributed by atoms with van der Waals surface area (Å²) in [5.74, 6) is -1.55. The molecule has 0 saturated carbocycles. The van der Waals surface area contributed by atoms with E-state index in [1.165, 1.54) is 12.1 Å². The van der Waals surface area contributed by atoms with E-state index in [4.69, 9.17) is 5.11 Å². The van der Waals surface area contributed by atoms with Crippen molar-refractivity contribution in [1.29, 1.82) is 0 Å². The third-order valence-corrected chi connectivity index (χ3v) is 2.67. The van der Waals surface area contributed by atoms with Gasteiger partial charge in [0.05, 0.1) is 6.04 Å². The molecular formula is C14H17FN2O3. The average Bonchev–Trinajstić information content (AvgIpc) is 2.38. The van der Waals surface area contributed by atoms with E-state index >= 15 is 0 Å². The fourth-order valence-corrected chi connectivity index (χ4v) is 1.72. The number of carbonyl (C=O) groups is 2. The van der Waals surface area contributed by atoms with E-state index < -0.39 is 30.4 Å². The number of benzene rings is 1. The van der Waals surface area contributed by atoms with Gasteiger partial charge in [0, 0.05) is 12.1 Å². The second kappa shape index (κ2) is 7.28. The van der Waals surface area contributed by atoms with Gasteiger partial charge >= 0.3 is 12.0 Å². The van der Waals surface area contributed by atoms with Crippen LogP contribution in [0.4, 0.5) is 9.18 Å². The molecule has 2 N–H and O–H groups in total. The van der Waals surface area contributed by atoms with Crippen LogP contribution >= 0.6 is 0 Å². The lowest BCUT2D eigenvalue weighted by Crippen LogP contribution is -2.43. The van der Waals surface area contributed by atoms with Gasteiger partial charge in [0.2, 0.25) is 0 Å². The summed E-state index contributed by atoms with van der Waals surface area (Å²) in [4.78, 5) is 23.7. The number of aliphatic carboxylic acids is 1. The van der Waals surface area contributed by atoms with E-state index in [0.717, 1.165) is 4.90 Å². The summed E-state index contributed by atoms with van der Waals surface area (Å²) in [6, 6.07) is 4.95. The lowest BCUT2D eigenvalue weighted by Gasteiger charge is -2.23. The summed E-state index contributed by atoms with van der Waals surface area (Å²) in [5, 5.41) is 11.3. The molecule has 2 amide bonds. The van der Waals surface area contributed by atoms with Crippen molar-refractivity contribution in [3.63, 3.8) is 0 Å². The van der Waals surface area contributed by atoms with Crippen molar-refractivity contribution < 1.29 is 19.1 Å². The normalized spacial score (nSPS) is 11.5. The molecule has 5 nitrogen and oxygen atoms in total. The first kappa shape index (κ1) is 15.7. The Morgan fingerprint density at radius 3 is 2.70 bits per heavy atom. The van der Waals surface area contributed by atoms with E-state index in [0.29, 0.717) is 5.56 Å². The summed E-state index contributed by atoms with van der Waals surface area (Å²) < 4.78 is 13.6. The highest BCUT2D eigenvalue weighted by Gasteiger charge is 2.19. The van der Waals surface area contributed by atoms with E-state index in [-0.39, 0.29) is 6.54 Å². The molecule has 20 heavy (non-hydrogen) atoms. The lowest BCUT2D eigenvalue weighted by molar-refractivity contribution is -0.137. The van der Waals surface area contributed by atoms with Gasteiger partial charge in [0.25, 0.3) is 0 Å². The summed E-state index contributed by atoms with van der Waals surface area (Å²) in [7, 11) is 0. The molecule has 108 valence electrons. The Balaban J connectivity index is 2.74. The van der Waals surface area contributed by atoms with E-state index in [9.17, 15) is 14.0 Å². The van der Waals surface area contributed by atoms with Crippen molar-refractivity contribution in [3.05, 3.63) is 48.3 Å².